The van der Waals surface area contributed by atoms with Gasteiger partial charge in [0.15, 0.2) is 0 Å². The standard InChI is InChI=1S/C27H36N4O3S2/c1-27(2,3)31-36(33,34)24-16-21(30-26(32)29-17-19-10-6-4-7-11-19)14-15-22(24)23-18-28-25(35-23)20-12-8-5-9-13-20/h6,10-11,14-16,18,20,31H,4-5,7-9,12-13,17H2,1-3H3,(H2,29,30,32). The highest BCUT2D eigenvalue weighted by Gasteiger charge is 2.27. The Morgan fingerprint density at radius 2 is 1.92 bits per heavy atom. The van der Waals surface area contributed by atoms with Crippen LogP contribution in [0.5, 0.6) is 0 Å². The van der Waals surface area contributed by atoms with E-state index in [9.17, 15) is 13.2 Å². The van der Waals surface area contributed by atoms with E-state index in [0.717, 1.165) is 41.1 Å². The fraction of sp³-hybridized carbons (Fsp3) is 0.481. The molecule has 2 aliphatic rings. The zero-order chi connectivity index (χ0) is 25.8. The van der Waals surface area contributed by atoms with Gasteiger partial charge >= 0.3 is 6.03 Å². The van der Waals surface area contributed by atoms with E-state index in [0.29, 0.717) is 23.7 Å². The van der Waals surface area contributed by atoms with Crippen molar-refractivity contribution >= 4 is 33.1 Å². The Bertz CT molecular complexity index is 1250. The molecular weight excluding hydrogens is 492 g/mol. The van der Waals surface area contributed by atoms with E-state index in [1.165, 1.54) is 25.3 Å². The number of benzene rings is 1. The third-order valence-electron chi connectivity index (χ3n) is 6.24. The third-order valence-corrected chi connectivity index (χ3v) is 9.23. The van der Waals surface area contributed by atoms with Gasteiger partial charge in [0.25, 0.3) is 0 Å². The highest BCUT2D eigenvalue weighted by Crippen LogP contribution is 2.39. The van der Waals surface area contributed by atoms with Crippen molar-refractivity contribution < 1.29 is 13.2 Å². The quantitative estimate of drug-likeness (QED) is 0.391. The molecule has 0 aliphatic heterocycles. The van der Waals surface area contributed by atoms with E-state index < -0.39 is 15.6 Å². The van der Waals surface area contributed by atoms with E-state index in [2.05, 4.69) is 32.5 Å². The average Bonchev–Trinajstić information content (AvgIpc) is 3.33. The van der Waals surface area contributed by atoms with Gasteiger partial charge in [0, 0.05) is 35.4 Å². The van der Waals surface area contributed by atoms with Gasteiger partial charge in [0.2, 0.25) is 10.0 Å². The summed E-state index contributed by atoms with van der Waals surface area (Å²) in [6.07, 6.45) is 15.9. The Morgan fingerprint density at radius 1 is 1.14 bits per heavy atom. The van der Waals surface area contributed by atoms with Crippen molar-refractivity contribution in [2.75, 3.05) is 11.9 Å². The molecule has 0 saturated heterocycles. The normalized spacial score (nSPS) is 17.0. The predicted octanol–water partition coefficient (Wildman–Crippen LogP) is 6.33. The molecule has 36 heavy (non-hydrogen) atoms. The first-order valence-electron chi connectivity index (χ1n) is 12.7. The first kappa shape index (κ1) is 26.6. The second kappa shape index (κ2) is 11.3. The lowest BCUT2D eigenvalue weighted by atomic mass is 9.90. The largest absolute Gasteiger partial charge is 0.334 e. The summed E-state index contributed by atoms with van der Waals surface area (Å²) in [5.41, 5.74) is 1.41. The minimum absolute atomic E-state index is 0.131. The number of rotatable bonds is 7. The lowest BCUT2D eigenvalue weighted by Crippen LogP contribution is -2.40. The van der Waals surface area contributed by atoms with Crippen LogP contribution >= 0.6 is 11.3 Å². The second-order valence-electron chi connectivity index (χ2n) is 10.5. The number of nitrogens with one attached hydrogen (secondary N) is 3. The molecule has 1 aromatic heterocycles. The van der Waals surface area contributed by atoms with E-state index >= 15 is 0 Å². The van der Waals surface area contributed by atoms with Gasteiger partial charge in [0.1, 0.15) is 0 Å². The molecule has 0 radical (unpaired) electrons. The van der Waals surface area contributed by atoms with Crippen LogP contribution in [0.3, 0.4) is 0 Å². The summed E-state index contributed by atoms with van der Waals surface area (Å²) in [5.74, 6) is 0.448. The molecule has 0 spiro atoms. The van der Waals surface area contributed by atoms with Gasteiger partial charge < -0.3 is 10.6 Å². The van der Waals surface area contributed by atoms with Crippen LogP contribution in [-0.2, 0) is 10.0 Å². The zero-order valence-electron chi connectivity index (χ0n) is 21.3. The number of amides is 2. The van der Waals surface area contributed by atoms with Crippen LogP contribution in [0.15, 0.2) is 53.1 Å². The Morgan fingerprint density at radius 3 is 2.61 bits per heavy atom. The molecule has 2 aliphatic carbocycles. The zero-order valence-corrected chi connectivity index (χ0v) is 22.9. The number of nitrogens with zero attached hydrogens (tertiary/aromatic N) is 1. The SMILES string of the molecule is CC(C)(C)NS(=O)(=O)c1cc(NC(=O)NCC2=CCCC=C2)ccc1-c1cnc(C2CCCCC2)s1. The highest BCUT2D eigenvalue weighted by atomic mass is 32.2. The van der Waals surface area contributed by atoms with Crippen molar-refractivity contribution in [2.45, 2.75) is 82.1 Å². The van der Waals surface area contributed by atoms with Crippen molar-refractivity contribution in [2.24, 2.45) is 0 Å². The number of carbonyl (C=O) groups is 1. The molecule has 1 saturated carbocycles. The number of carbonyl (C=O) groups excluding carboxylic acids is 1. The first-order chi connectivity index (χ1) is 17.1. The molecule has 1 heterocycles. The maximum atomic E-state index is 13.5. The van der Waals surface area contributed by atoms with Gasteiger partial charge in [-0.1, -0.05) is 43.6 Å². The molecule has 0 unspecified atom stereocenters. The van der Waals surface area contributed by atoms with Crippen LogP contribution in [-0.4, -0.2) is 31.5 Å². The molecule has 3 N–H and O–H groups in total. The second-order valence-corrected chi connectivity index (χ2v) is 13.2. The average molecular weight is 529 g/mol. The molecule has 0 atom stereocenters. The van der Waals surface area contributed by atoms with Crippen molar-refractivity contribution in [3.63, 3.8) is 0 Å². The van der Waals surface area contributed by atoms with Gasteiger partial charge in [-0.15, -0.1) is 11.3 Å². The van der Waals surface area contributed by atoms with Crippen LogP contribution in [0.1, 0.15) is 76.6 Å². The molecule has 1 aromatic carbocycles. The van der Waals surface area contributed by atoms with E-state index in [-0.39, 0.29) is 10.9 Å². The molecule has 9 heteroatoms. The van der Waals surface area contributed by atoms with Crippen LogP contribution in [0.25, 0.3) is 10.4 Å². The van der Waals surface area contributed by atoms with Crippen molar-refractivity contribution in [1.82, 2.24) is 15.0 Å². The van der Waals surface area contributed by atoms with Crippen LogP contribution in [0.2, 0.25) is 0 Å². The minimum atomic E-state index is -3.86. The number of hydrogen-bond acceptors (Lipinski definition) is 5. The fourth-order valence-corrected chi connectivity index (χ4v) is 7.45. The molecular formula is C27H36N4O3S2. The Kier molecular flexibility index (Phi) is 8.32. The summed E-state index contributed by atoms with van der Waals surface area (Å²) in [4.78, 5) is 18.1. The smallest absolute Gasteiger partial charge is 0.319 e. The monoisotopic (exact) mass is 528 g/mol. The summed E-state index contributed by atoms with van der Waals surface area (Å²) in [6.45, 7) is 5.84. The number of hydrogen-bond donors (Lipinski definition) is 3. The number of urea groups is 1. The van der Waals surface area contributed by atoms with E-state index in [1.54, 1.807) is 29.7 Å². The van der Waals surface area contributed by atoms with Crippen LogP contribution in [0.4, 0.5) is 10.5 Å². The Labute approximate surface area is 218 Å². The van der Waals surface area contributed by atoms with E-state index in [1.807, 2.05) is 26.8 Å². The summed E-state index contributed by atoms with van der Waals surface area (Å²) in [7, 11) is -3.86. The van der Waals surface area contributed by atoms with Gasteiger partial charge in [-0.2, -0.15) is 0 Å². The number of anilines is 1. The van der Waals surface area contributed by atoms with Crippen molar-refractivity contribution in [3.8, 4) is 10.4 Å². The summed E-state index contributed by atoms with van der Waals surface area (Å²) < 4.78 is 29.7. The molecule has 7 nitrogen and oxygen atoms in total. The van der Waals surface area contributed by atoms with Gasteiger partial charge in [0.05, 0.1) is 14.8 Å². The van der Waals surface area contributed by atoms with Crippen molar-refractivity contribution in [1.29, 1.82) is 0 Å². The van der Waals surface area contributed by atoms with Crippen molar-refractivity contribution in [3.05, 3.63) is 53.2 Å². The maximum Gasteiger partial charge on any atom is 0.319 e. The third kappa shape index (κ3) is 7.05. The number of sulfonamides is 1. The number of thiazole rings is 1. The lowest BCUT2D eigenvalue weighted by molar-refractivity contribution is 0.253. The predicted molar refractivity (Wildman–Crippen MR) is 147 cm³/mol. The highest BCUT2D eigenvalue weighted by molar-refractivity contribution is 7.89. The first-order valence-corrected chi connectivity index (χ1v) is 15.0. The van der Waals surface area contributed by atoms with Gasteiger partial charge in [-0.05, 0) is 64.2 Å². The Hall–Kier alpha value is -2.49. The van der Waals surface area contributed by atoms with Crippen LogP contribution < -0.4 is 15.4 Å². The summed E-state index contributed by atoms with van der Waals surface area (Å²) in [6, 6.07) is 4.65. The summed E-state index contributed by atoms with van der Waals surface area (Å²) >= 11 is 1.57. The molecule has 194 valence electrons. The molecule has 0 bridgehead atoms. The number of aromatic nitrogens is 1. The van der Waals surface area contributed by atoms with Gasteiger partial charge in [-0.3, -0.25) is 0 Å². The lowest BCUT2D eigenvalue weighted by Gasteiger charge is -2.22. The molecule has 4 rings (SSSR count). The molecule has 2 amide bonds. The number of allylic oxidation sites excluding steroid dienone is 2. The van der Waals surface area contributed by atoms with Crippen LogP contribution in [0, 0.1) is 0 Å². The topological polar surface area (TPSA) is 100 Å². The fourth-order valence-electron chi connectivity index (χ4n) is 4.59. The Balaban J connectivity index is 1.59. The molecule has 2 aromatic rings. The summed E-state index contributed by atoms with van der Waals surface area (Å²) in [5, 5.41) is 6.70. The molecule has 1 fully saturated rings. The maximum absolute atomic E-state index is 13.5. The van der Waals surface area contributed by atoms with Gasteiger partial charge in [-0.25, -0.2) is 22.9 Å². The minimum Gasteiger partial charge on any atom is -0.334 e. The van der Waals surface area contributed by atoms with E-state index in [4.69, 9.17) is 0 Å².